The molecule has 0 bridgehead atoms. The number of nitrogens with zero attached hydrogens (tertiary/aromatic N) is 1. The van der Waals surface area contributed by atoms with Crippen LogP contribution in [0, 0.1) is 5.92 Å². The molecule has 1 amide bonds. The van der Waals surface area contributed by atoms with Crippen molar-refractivity contribution in [3.63, 3.8) is 0 Å². The molecule has 0 atom stereocenters. The van der Waals surface area contributed by atoms with E-state index in [0.29, 0.717) is 54.0 Å². The van der Waals surface area contributed by atoms with E-state index < -0.39 is 10.0 Å². The Morgan fingerprint density at radius 2 is 1.73 bits per heavy atom. The SMILES string of the molecule is COc1cccc(NS(=O)(=O)c2cc(C(=O)N3CCC(C)CC3)ccc2NCc2ccccc2OC)c1. The Morgan fingerprint density at radius 3 is 2.46 bits per heavy atom. The second-order valence-corrected chi connectivity index (χ2v) is 10.8. The Balaban J connectivity index is 1.67. The van der Waals surface area contributed by atoms with Gasteiger partial charge in [0.1, 0.15) is 16.4 Å². The van der Waals surface area contributed by atoms with Gasteiger partial charge in [0, 0.05) is 36.8 Å². The molecule has 8 nitrogen and oxygen atoms in total. The van der Waals surface area contributed by atoms with Crippen molar-refractivity contribution in [2.24, 2.45) is 5.92 Å². The van der Waals surface area contributed by atoms with Crippen LogP contribution in [0.15, 0.2) is 71.6 Å². The van der Waals surface area contributed by atoms with E-state index in [1.165, 1.54) is 13.2 Å². The number of sulfonamides is 1. The zero-order valence-corrected chi connectivity index (χ0v) is 22.2. The smallest absolute Gasteiger partial charge is 0.263 e. The van der Waals surface area contributed by atoms with Crippen LogP contribution in [0.25, 0.3) is 0 Å². The van der Waals surface area contributed by atoms with Crippen molar-refractivity contribution in [1.82, 2.24) is 4.90 Å². The maximum Gasteiger partial charge on any atom is 0.263 e. The second-order valence-electron chi connectivity index (χ2n) is 9.19. The lowest BCUT2D eigenvalue weighted by Crippen LogP contribution is -2.38. The molecular formula is C28H33N3O5S. The number of piperidine rings is 1. The van der Waals surface area contributed by atoms with Crippen LogP contribution in [0.4, 0.5) is 11.4 Å². The molecule has 0 saturated carbocycles. The van der Waals surface area contributed by atoms with Gasteiger partial charge in [-0.2, -0.15) is 0 Å². The van der Waals surface area contributed by atoms with E-state index in [0.717, 1.165) is 18.4 Å². The summed E-state index contributed by atoms with van der Waals surface area (Å²) < 4.78 is 40.5. The van der Waals surface area contributed by atoms with Crippen molar-refractivity contribution in [3.05, 3.63) is 77.9 Å². The summed E-state index contributed by atoms with van der Waals surface area (Å²) in [5, 5.41) is 3.22. The number of likely N-dealkylation sites (tertiary alicyclic amines) is 1. The van der Waals surface area contributed by atoms with Crippen LogP contribution in [0.3, 0.4) is 0 Å². The maximum absolute atomic E-state index is 13.6. The third kappa shape index (κ3) is 6.35. The first-order valence-corrected chi connectivity index (χ1v) is 13.7. The minimum Gasteiger partial charge on any atom is -0.497 e. The zero-order chi connectivity index (χ0) is 26.4. The predicted octanol–water partition coefficient (Wildman–Crippen LogP) is 4.99. The molecule has 1 aliphatic heterocycles. The van der Waals surface area contributed by atoms with Crippen molar-refractivity contribution in [1.29, 1.82) is 0 Å². The predicted molar refractivity (Wildman–Crippen MR) is 145 cm³/mol. The van der Waals surface area contributed by atoms with E-state index in [9.17, 15) is 13.2 Å². The Hall–Kier alpha value is -3.72. The highest BCUT2D eigenvalue weighted by Crippen LogP contribution is 2.29. The van der Waals surface area contributed by atoms with Gasteiger partial charge in [0.2, 0.25) is 0 Å². The van der Waals surface area contributed by atoms with Crippen LogP contribution < -0.4 is 19.5 Å². The molecule has 37 heavy (non-hydrogen) atoms. The largest absolute Gasteiger partial charge is 0.497 e. The van der Waals surface area contributed by atoms with Gasteiger partial charge in [-0.3, -0.25) is 9.52 Å². The third-order valence-corrected chi connectivity index (χ3v) is 7.99. The number of anilines is 2. The van der Waals surface area contributed by atoms with Crippen molar-refractivity contribution in [3.8, 4) is 11.5 Å². The molecule has 1 heterocycles. The summed E-state index contributed by atoms with van der Waals surface area (Å²) in [6.07, 6.45) is 1.87. The van der Waals surface area contributed by atoms with E-state index in [-0.39, 0.29) is 10.8 Å². The van der Waals surface area contributed by atoms with E-state index in [4.69, 9.17) is 9.47 Å². The van der Waals surface area contributed by atoms with Gasteiger partial charge in [-0.05, 0) is 55.2 Å². The number of amides is 1. The summed E-state index contributed by atoms with van der Waals surface area (Å²) in [7, 11) is -0.945. The summed E-state index contributed by atoms with van der Waals surface area (Å²) >= 11 is 0. The number of nitrogens with one attached hydrogen (secondary N) is 2. The first-order valence-electron chi connectivity index (χ1n) is 12.3. The number of hydrogen-bond donors (Lipinski definition) is 2. The van der Waals surface area contributed by atoms with Crippen LogP contribution in [0.2, 0.25) is 0 Å². The molecule has 1 saturated heterocycles. The van der Waals surface area contributed by atoms with Crippen molar-refractivity contribution < 1.29 is 22.7 Å². The molecule has 4 rings (SSSR count). The first kappa shape index (κ1) is 26.3. The molecule has 1 aliphatic rings. The second kappa shape index (κ2) is 11.6. The molecule has 0 spiro atoms. The number of methoxy groups -OCH3 is 2. The number of carbonyl (C=O) groups excluding carboxylic acids is 1. The molecule has 3 aromatic rings. The van der Waals surface area contributed by atoms with Crippen molar-refractivity contribution in [2.75, 3.05) is 37.3 Å². The molecule has 0 aliphatic carbocycles. The van der Waals surface area contributed by atoms with Gasteiger partial charge in [-0.25, -0.2) is 8.42 Å². The molecule has 2 N–H and O–H groups in total. The van der Waals surface area contributed by atoms with Gasteiger partial charge in [-0.15, -0.1) is 0 Å². The summed E-state index contributed by atoms with van der Waals surface area (Å²) in [5.41, 5.74) is 1.95. The molecule has 3 aromatic carbocycles. The number of carbonyl (C=O) groups is 1. The molecule has 1 fully saturated rings. The van der Waals surface area contributed by atoms with E-state index in [1.54, 1.807) is 48.4 Å². The fourth-order valence-corrected chi connectivity index (χ4v) is 5.61. The molecule has 0 radical (unpaired) electrons. The number of hydrogen-bond acceptors (Lipinski definition) is 6. The summed E-state index contributed by atoms with van der Waals surface area (Å²) in [6, 6.07) is 19.0. The Bertz CT molecular complexity index is 1350. The first-order chi connectivity index (χ1) is 17.8. The van der Waals surface area contributed by atoms with Crippen molar-refractivity contribution in [2.45, 2.75) is 31.2 Å². The molecular weight excluding hydrogens is 490 g/mol. The minimum absolute atomic E-state index is 0.0126. The average molecular weight is 524 g/mol. The fraction of sp³-hybridized carbons (Fsp3) is 0.321. The van der Waals surface area contributed by atoms with Gasteiger partial charge < -0.3 is 19.7 Å². The Morgan fingerprint density at radius 1 is 0.973 bits per heavy atom. The highest BCUT2D eigenvalue weighted by molar-refractivity contribution is 7.92. The topological polar surface area (TPSA) is 97.0 Å². The minimum atomic E-state index is -4.05. The fourth-order valence-electron chi connectivity index (χ4n) is 4.35. The number of ether oxygens (including phenoxy) is 2. The monoisotopic (exact) mass is 523 g/mol. The molecule has 0 aromatic heterocycles. The number of para-hydroxylation sites is 1. The Kier molecular flexibility index (Phi) is 8.23. The van der Waals surface area contributed by atoms with Crippen molar-refractivity contribution >= 4 is 27.3 Å². The van der Waals surface area contributed by atoms with E-state index in [1.807, 2.05) is 24.3 Å². The van der Waals surface area contributed by atoms with Crippen LogP contribution in [-0.2, 0) is 16.6 Å². The average Bonchev–Trinajstić information content (AvgIpc) is 2.92. The zero-order valence-electron chi connectivity index (χ0n) is 21.4. The van der Waals surface area contributed by atoms with Crippen LogP contribution in [0.1, 0.15) is 35.7 Å². The lowest BCUT2D eigenvalue weighted by Gasteiger charge is -2.30. The van der Waals surface area contributed by atoms with Gasteiger partial charge >= 0.3 is 0 Å². The van der Waals surface area contributed by atoms with E-state index >= 15 is 0 Å². The lowest BCUT2D eigenvalue weighted by molar-refractivity contribution is 0.0697. The number of rotatable bonds is 9. The van der Waals surface area contributed by atoms with Gasteiger partial charge in [-0.1, -0.05) is 31.2 Å². The maximum atomic E-state index is 13.6. The van der Waals surface area contributed by atoms with Crippen LogP contribution in [0.5, 0.6) is 11.5 Å². The van der Waals surface area contributed by atoms with Crippen LogP contribution >= 0.6 is 0 Å². The lowest BCUT2D eigenvalue weighted by atomic mass is 9.98. The summed E-state index contributed by atoms with van der Waals surface area (Å²) in [4.78, 5) is 15.0. The normalized spacial score (nSPS) is 14.2. The van der Waals surface area contributed by atoms with Gasteiger partial charge in [0.25, 0.3) is 15.9 Å². The van der Waals surface area contributed by atoms with E-state index in [2.05, 4.69) is 17.0 Å². The van der Waals surface area contributed by atoms with Gasteiger partial charge in [0.05, 0.1) is 25.6 Å². The molecule has 0 unspecified atom stereocenters. The highest BCUT2D eigenvalue weighted by atomic mass is 32.2. The molecule has 196 valence electrons. The number of benzene rings is 3. The molecule has 9 heteroatoms. The standard InChI is InChI=1S/C28H33N3O5S/c1-20-13-15-31(16-14-20)28(32)21-11-12-25(29-19-22-7-4-5-10-26(22)36-3)27(17-21)37(33,34)30-23-8-6-9-24(18-23)35-2/h4-12,17-18,20,29-30H,13-16,19H2,1-3H3. The summed E-state index contributed by atoms with van der Waals surface area (Å²) in [6.45, 7) is 3.85. The third-order valence-electron chi connectivity index (χ3n) is 6.57. The summed E-state index contributed by atoms with van der Waals surface area (Å²) in [5.74, 6) is 1.63. The highest BCUT2D eigenvalue weighted by Gasteiger charge is 2.25. The Labute approximate surface area is 218 Å². The quantitative estimate of drug-likeness (QED) is 0.410. The van der Waals surface area contributed by atoms with Gasteiger partial charge in [0.15, 0.2) is 0 Å². The van der Waals surface area contributed by atoms with Crippen LogP contribution in [-0.4, -0.2) is 46.5 Å².